The molecular formula is C38H57N5O5. The first-order chi connectivity index (χ1) is 22.8. The lowest BCUT2D eigenvalue weighted by atomic mass is 9.77. The average Bonchev–Trinajstić information content (AvgIpc) is 3.52. The lowest BCUT2D eigenvalue weighted by molar-refractivity contribution is -0.144. The number of Topliss-reactive ketones (excluding diaryl/α,β-unsaturated/α-hetero) is 1. The molecule has 5 N–H and O–H groups in total. The molecule has 1 unspecified atom stereocenters. The Morgan fingerprint density at radius 3 is 2.15 bits per heavy atom. The van der Waals surface area contributed by atoms with Crippen LogP contribution in [0.3, 0.4) is 0 Å². The molecule has 0 aromatic heterocycles. The monoisotopic (exact) mass is 663 g/mol. The van der Waals surface area contributed by atoms with Crippen molar-refractivity contribution in [1.29, 1.82) is 0 Å². The van der Waals surface area contributed by atoms with Gasteiger partial charge in [-0.25, -0.2) is 4.79 Å². The fraction of sp³-hybridized carbons (Fsp3) is 0.711. The van der Waals surface area contributed by atoms with E-state index in [1.54, 1.807) is 4.90 Å². The predicted octanol–water partition coefficient (Wildman–Crippen LogP) is 4.78. The van der Waals surface area contributed by atoms with Crippen molar-refractivity contribution in [2.24, 2.45) is 28.9 Å². The van der Waals surface area contributed by atoms with Gasteiger partial charge in [-0.3, -0.25) is 19.2 Å². The maximum atomic E-state index is 14.6. The van der Waals surface area contributed by atoms with Gasteiger partial charge < -0.3 is 26.6 Å². The van der Waals surface area contributed by atoms with Crippen LogP contribution in [0.5, 0.6) is 0 Å². The van der Waals surface area contributed by atoms with E-state index in [9.17, 15) is 24.0 Å². The molecule has 4 atom stereocenters. The van der Waals surface area contributed by atoms with Crippen molar-refractivity contribution in [3.63, 3.8) is 0 Å². The Kier molecular flexibility index (Phi) is 11.5. The van der Waals surface area contributed by atoms with Crippen LogP contribution < -0.4 is 21.7 Å². The molecule has 264 valence electrons. The van der Waals surface area contributed by atoms with Crippen LogP contribution in [0.15, 0.2) is 30.3 Å². The summed E-state index contributed by atoms with van der Waals surface area (Å²) in [5, 5.41) is 9.24. The number of likely N-dealkylation sites (tertiary alicyclic amines) is 1. The zero-order valence-electron chi connectivity index (χ0n) is 29.2. The minimum Gasteiger partial charge on any atom is -0.363 e. The van der Waals surface area contributed by atoms with Gasteiger partial charge in [0.05, 0.1) is 6.04 Å². The Balaban J connectivity index is 1.35. The van der Waals surface area contributed by atoms with Crippen molar-refractivity contribution in [3.05, 3.63) is 35.9 Å². The molecule has 1 aromatic carbocycles. The Morgan fingerprint density at radius 2 is 1.54 bits per heavy atom. The third-order valence-corrected chi connectivity index (χ3v) is 11.3. The Hall–Kier alpha value is -3.43. The van der Waals surface area contributed by atoms with Gasteiger partial charge >= 0.3 is 6.03 Å². The van der Waals surface area contributed by atoms with Crippen molar-refractivity contribution in [3.8, 4) is 0 Å². The number of hydrogen-bond acceptors (Lipinski definition) is 5. The number of urea groups is 1. The van der Waals surface area contributed by atoms with Crippen LogP contribution in [0.25, 0.3) is 0 Å². The zero-order chi connectivity index (χ0) is 34.5. The van der Waals surface area contributed by atoms with Crippen molar-refractivity contribution < 1.29 is 24.0 Å². The van der Waals surface area contributed by atoms with Crippen LogP contribution in [0.2, 0.25) is 0 Å². The molecule has 10 heteroatoms. The molecule has 4 aliphatic rings. The van der Waals surface area contributed by atoms with E-state index in [-0.39, 0.29) is 23.8 Å². The summed E-state index contributed by atoms with van der Waals surface area (Å²) in [4.78, 5) is 68.8. The second kappa shape index (κ2) is 15.4. The standard InChI is InChI=1S/C38H57N5O5/c1-37(2,3)32(41-36(48)42-38(19-10-5-11-20-38)24-27-14-6-4-7-15-27)35(47)43-21-18-28(22-25-12-8-9-13-25)30(43)34(46)40-29(23-26-16-17-26)31(44)33(39)45/h4,6-7,14-15,25-26,28-30,32H,5,8-13,16-24H2,1-3H3,(H2,39,45)(H,40,46)(H2,41,42,48)/t28-,29?,30+,32-/m1/s1. The minimum absolute atomic E-state index is 0.0758. The van der Waals surface area contributed by atoms with Crippen molar-refractivity contribution in [2.45, 2.75) is 141 Å². The highest BCUT2D eigenvalue weighted by Gasteiger charge is 2.48. The van der Waals surface area contributed by atoms with Crippen LogP contribution in [0.1, 0.15) is 116 Å². The normalized spacial score (nSPS) is 24.0. The number of hydrogen-bond donors (Lipinski definition) is 4. The quantitative estimate of drug-likeness (QED) is 0.224. The first-order valence-electron chi connectivity index (χ1n) is 18.4. The van der Waals surface area contributed by atoms with E-state index in [2.05, 4.69) is 28.1 Å². The highest BCUT2D eigenvalue weighted by atomic mass is 16.2. The Labute approximate surface area is 286 Å². The van der Waals surface area contributed by atoms with E-state index in [4.69, 9.17) is 5.73 Å². The number of nitrogens with one attached hydrogen (secondary N) is 3. The second-order valence-corrected chi connectivity index (χ2v) is 16.3. The van der Waals surface area contributed by atoms with Gasteiger partial charge in [0.2, 0.25) is 17.6 Å². The smallest absolute Gasteiger partial charge is 0.315 e. The van der Waals surface area contributed by atoms with Gasteiger partial charge in [-0.2, -0.15) is 0 Å². The second-order valence-electron chi connectivity index (χ2n) is 16.3. The zero-order valence-corrected chi connectivity index (χ0v) is 29.2. The van der Waals surface area contributed by atoms with Crippen LogP contribution >= 0.6 is 0 Å². The van der Waals surface area contributed by atoms with Gasteiger partial charge in [-0.05, 0) is 67.3 Å². The molecule has 5 rings (SSSR count). The minimum atomic E-state index is -1.06. The van der Waals surface area contributed by atoms with Gasteiger partial charge in [0.25, 0.3) is 5.91 Å². The maximum absolute atomic E-state index is 14.6. The number of benzene rings is 1. The maximum Gasteiger partial charge on any atom is 0.315 e. The van der Waals surface area contributed by atoms with Crippen LogP contribution in [0, 0.1) is 23.2 Å². The van der Waals surface area contributed by atoms with Gasteiger partial charge in [-0.15, -0.1) is 0 Å². The molecule has 1 saturated heterocycles. The lowest BCUT2D eigenvalue weighted by Gasteiger charge is -2.40. The topological polar surface area (TPSA) is 151 Å². The summed E-state index contributed by atoms with van der Waals surface area (Å²) in [5.74, 6) is -1.87. The number of amides is 5. The van der Waals surface area contributed by atoms with Crippen molar-refractivity contribution in [1.82, 2.24) is 20.9 Å². The molecule has 1 aliphatic heterocycles. The van der Waals surface area contributed by atoms with E-state index in [1.807, 2.05) is 39.0 Å². The molecule has 4 fully saturated rings. The number of ketones is 1. The molecule has 0 radical (unpaired) electrons. The first-order valence-corrected chi connectivity index (χ1v) is 18.4. The molecule has 48 heavy (non-hydrogen) atoms. The summed E-state index contributed by atoms with van der Waals surface area (Å²) in [6.07, 6.45) is 14.0. The molecule has 1 heterocycles. The van der Waals surface area contributed by atoms with E-state index < -0.39 is 46.7 Å². The first kappa shape index (κ1) is 35.9. The highest BCUT2D eigenvalue weighted by molar-refractivity contribution is 6.37. The van der Waals surface area contributed by atoms with Crippen molar-refractivity contribution in [2.75, 3.05) is 6.54 Å². The molecular weight excluding hydrogens is 606 g/mol. The summed E-state index contributed by atoms with van der Waals surface area (Å²) < 4.78 is 0. The molecule has 3 aliphatic carbocycles. The van der Waals surface area contributed by atoms with Gasteiger partial charge in [0, 0.05) is 12.1 Å². The van der Waals surface area contributed by atoms with Crippen LogP contribution in [0.4, 0.5) is 4.79 Å². The Morgan fingerprint density at radius 1 is 0.875 bits per heavy atom. The third-order valence-electron chi connectivity index (χ3n) is 11.3. The fourth-order valence-corrected chi connectivity index (χ4v) is 8.51. The lowest BCUT2D eigenvalue weighted by Crippen LogP contribution is -2.63. The van der Waals surface area contributed by atoms with Crippen LogP contribution in [-0.2, 0) is 25.6 Å². The number of carbonyl (C=O) groups excluding carboxylic acids is 5. The molecule has 10 nitrogen and oxygen atoms in total. The number of nitrogens with two attached hydrogens (primary N) is 1. The van der Waals surface area contributed by atoms with E-state index >= 15 is 0 Å². The summed E-state index contributed by atoms with van der Waals surface area (Å²) in [5.41, 5.74) is 5.49. The van der Waals surface area contributed by atoms with Gasteiger partial charge in [0.15, 0.2) is 0 Å². The molecule has 3 saturated carbocycles. The number of nitrogens with zero attached hydrogens (tertiary/aromatic N) is 1. The largest absolute Gasteiger partial charge is 0.363 e. The molecule has 5 amide bonds. The summed E-state index contributed by atoms with van der Waals surface area (Å²) >= 11 is 0. The Bertz CT molecular complexity index is 1310. The van der Waals surface area contributed by atoms with E-state index in [0.29, 0.717) is 25.3 Å². The fourth-order valence-electron chi connectivity index (χ4n) is 8.51. The van der Waals surface area contributed by atoms with Crippen LogP contribution in [-0.4, -0.2) is 64.6 Å². The van der Waals surface area contributed by atoms with E-state index in [0.717, 1.165) is 76.2 Å². The summed E-state index contributed by atoms with van der Waals surface area (Å²) in [7, 11) is 0. The van der Waals surface area contributed by atoms with Crippen molar-refractivity contribution >= 4 is 29.5 Å². The van der Waals surface area contributed by atoms with Gasteiger partial charge in [0.1, 0.15) is 12.1 Å². The highest BCUT2D eigenvalue weighted by Crippen LogP contribution is 2.39. The predicted molar refractivity (Wildman–Crippen MR) is 185 cm³/mol. The van der Waals surface area contributed by atoms with E-state index in [1.165, 1.54) is 12.8 Å². The number of rotatable bonds is 13. The average molecular weight is 664 g/mol. The summed E-state index contributed by atoms with van der Waals surface area (Å²) in [6.45, 7) is 6.16. The van der Waals surface area contributed by atoms with Gasteiger partial charge in [-0.1, -0.05) is 109 Å². The third kappa shape index (κ3) is 9.17. The SMILES string of the molecule is CC(C)(C)[C@H](NC(=O)NC1(Cc2ccccc2)CCCCC1)C(=O)N1CC[C@H](CC2CCCC2)[C@H]1C(=O)NC(CC1CC1)C(=O)C(N)=O. The molecule has 0 spiro atoms. The summed E-state index contributed by atoms with van der Waals surface area (Å²) in [6, 6.07) is 7.15. The molecule has 1 aromatic rings. The molecule has 0 bridgehead atoms. The number of primary amides is 1. The number of carbonyl (C=O) groups is 5.